The second-order valence-electron chi connectivity index (χ2n) is 3.96. The van der Waals surface area contributed by atoms with Gasteiger partial charge in [-0.2, -0.15) is 5.10 Å². The standard InChI is InChI=1S/C14H11N3OS/c18-14(15-10-5-2-1-3-6-10)12-9-11(16-17-12)13-7-4-8-19-13/h1-9H,(H,15,18)(H,16,17). The molecule has 0 bridgehead atoms. The van der Waals surface area contributed by atoms with Crippen LogP contribution in [0, 0.1) is 0 Å². The van der Waals surface area contributed by atoms with Gasteiger partial charge in [-0.05, 0) is 29.6 Å². The Morgan fingerprint density at radius 1 is 1.16 bits per heavy atom. The number of H-pyrrole nitrogens is 1. The van der Waals surface area contributed by atoms with Gasteiger partial charge < -0.3 is 5.32 Å². The zero-order chi connectivity index (χ0) is 13.1. The van der Waals surface area contributed by atoms with Crippen molar-refractivity contribution in [3.63, 3.8) is 0 Å². The third-order valence-corrected chi connectivity index (χ3v) is 3.53. The number of anilines is 1. The Labute approximate surface area is 114 Å². The van der Waals surface area contributed by atoms with Crippen LogP contribution in [0.2, 0.25) is 0 Å². The maximum Gasteiger partial charge on any atom is 0.276 e. The third kappa shape index (κ3) is 2.56. The predicted molar refractivity (Wildman–Crippen MR) is 76.3 cm³/mol. The largest absolute Gasteiger partial charge is 0.321 e. The van der Waals surface area contributed by atoms with Crippen LogP contribution in [0.4, 0.5) is 5.69 Å². The van der Waals surface area contributed by atoms with E-state index in [-0.39, 0.29) is 5.91 Å². The molecule has 2 heterocycles. The molecule has 19 heavy (non-hydrogen) atoms. The lowest BCUT2D eigenvalue weighted by molar-refractivity contribution is 0.102. The number of aromatic amines is 1. The van der Waals surface area contributed by atoms with E-state index in [0.29, 0.717) is 5.69 Å². The molecule has 2 aromatic heterocycles. The van der Waals surface area contributed by atoms with E-state index < -0.39 is 0 Å². The van der Waals surface area contributed by atoms with Gasteiger partial charge in [0.15, 0.2) is 5.69 Å². The minimum atomic E-state index is -0.217. The van der Waals surface area contributed by atoms with Crippen LogP contribution < -0.4 is 5.32 Å². The van der Waals surface area contributed by atoms with Crippen LogP contribution in [0.15, 0.2) is 53.9 Å². The summed E-state index contributed by atoms with van der Waals surface area (Å²) < 4.78 is 0. The molecule has 0 fully saturated rings. The summed E-state index contributed by atoms with van der Waals surface area (Å²) in [6.45, 7) is 0. The van der Waals surface area contributed by atoms with Gasteiger partial charge >= 0.3 is 0 Å². The van der Waals surface area contributed by atoms with E-state index in [1.807, 2.05) is 47.8 Å². The first-order chi connectivity index (χ1) is 9.33. The predicted octanol–water partition coefficient (Wildman–Crippen LogP) is 3.39. The topological polar surface area (TPSA) is 57.8 Å². The molecule has 0 spiro atoms. The Morgan fingerprint density at radius 2 is 2.00 bits per heavy atom. The molecule has 2 N–H and O–H groups in total. The molecule has 3 rings (SSSR count). The zero-order valence-corrected chi connectivity index (χ0v) is 10.8. The van der Waals surface area contributed by atoms with Crippen LogP contribution in [-0.4, -0.2) is 16.1 Å². The van der Waals surface area contributed by atoms with Crippen molar-refractivity contribution in [3.05, 3.63) is 59.6 Å². The van der Waals surface area contributed by atoms with Gasteiger partial charge in [-0.1, -0.05) is 24.3 Å². The lowest BCUT2D eigenvalue weighted by Gasteiger charge is -2.01. The molecule has 4 nitrogen and oxygen atoms in total. The fourth-order valence-electron chi connectivity index (χ4n) is 1.71. The fraction of sp³-hybridized carbons (Fsp3) is 0. The number of rotatable bonds is 3. The molecular formula is C14H11N3OS. The molecule has 5 heteroatoms. The molecule has 0 aliphatic rings. The van der Waals surface area contributed by atoms with E-state index >= 15 is 0 Å². The van der Waals surface area contributed by atoms with Crippen molar-refractivity contribution in [2.75, 3.05) is 5.32 Å². The van der Waals surface area contributed by atoms with Gasteiger partial charge in [-0.25, -0.2) is 0 Å². The average Bonchev–Trinajstić information content (AvgIpc) is 3.11. The number of thiophene rings is 1. The van der Waals surface area contributed by atoms with E-state index in [0.717, 1.165) is 16.3 Å². The maximum absolute atomic E-state index is 12.0. The molecule has 0 radical (unpaired) electrons. The van der Waals surface area contributed by atoms with Crippen LogP contribution in [-0.2, 0) is 0 Å². The average molecular weight is 269 g/mol. The highest BCUT2D eigenvalue weighted by Crippen LogP contribution is 2.23. The first-order valence-corrected chi connectivity index (χ1v) is 6.66. The van der Waals surface area contributed by atoms with Crippen molar-refractivity contribution in [3.8, 4) is 10.6 Å². The number of para-hydroxylation sites is 1. The molecule has 1 amide bonds. The normalized spacial score (nSPS) is 10.3. The minimum Gasteiger partial charge on any atom is -0.321 e. The summed E-state index contributed by atoms with van der Waals surface area (Å²) in [7, 11) is 0. The van der Waals surface area contributed by atoms with Crippen LogP contribution in [0.1, 0.15) is 10.5 Å². The van der Waals surface area contributed by atoms with Gasteiger partial charge in [-0.15, -0.1) is 11.3 Å². The maximum atomic E-state index is 12.0. The van der Waals surface area contributed by atoms with Crippen molar-refractivity contribution in [1.29, 1.82) is 0 Å². The van der Waals surface area contributed by atoms with E-state index in [1.165, 1.54) is 0 Å². The molecule has 3 aromatic rings. The van der Waals surface area contributed by atoms with Gasteiger partial charge in [0.1, 0.15) is 0 Å². The quantitative estimate of drug-likeness (QED) is 0.765. The van der Waals surface area contributed by atoms with Gasteiger partial charge in [0.25, 0.3) is 5.91 Å². The van der Waals surface area contributed by atoms with Crippen molar-refractivity contribution in [2.45, 2.75) is 0 Å². The Morgan fingerprint density at radius 3 is 2.74 bits per heavy atom. The number of carbonyl (C=O) groups is 1. The van der Waals surface area contributed by atoms with Crippen LogP contribution in [0.3, 0.4) is 0 Å². The lowest BCUT2D eigenvalue weighted by Crippen LogP contribution is -2.12. The Balaban J connectivity index is 1.78. The summed E-state index contributed by atoms with van der Waals surface area (Å²) in [6, 6.07) is 15.0. The summed E-state index contributed by atoms with van der Waals surface area (Å²) in [5.41, 5.74) is 1.99. The van der Waals surface area contributed by atoms with Crippen molar-refractivity contribution < 1.29 is 4.79 Å². The van der Waals surface area contributed by atoms with Crippen molar-refractivity contribution >= 4 is 22.9 Å². The van der Waals surface area contributed by atoms with E-state index in [4.69, 9.17) is 0 Å². The highest BCUT2D eigenvalue weighted by atomic mass is 32.1. The number of aromatic nitrogens is 2. The van der Waals surface area contributed by atoms with Gasteiger partial charge in [0.05, 0.1) is 10.6 Å². The third-order valence-electron chi connectivity index (χ3n) is 2.63. The first-order valence-electron chi connectivity index (χ1n) is 5.78. The molecule has 0 unspecified atom stereocenters. The number of nitrogens with one attached hydrogen (secondary N) is 2. The van der Waals surface area contributed by atoms with Crippen molar-refractivity contribution in [1.82, 2.24) is 10.2 Å². The lowest BCUT2D eigenvalue weighted by atomic mass is 10.3. The summed E-state index contributed by atoms with van der Waals surface area (Å²) in [4.78, 5) is 13.1. The fourth-order valence-corrected chi connectivity index (χ4v) is 2.41. The summed E-state index contributed by atoms with van der Waals surface area (Å²) in [5, 5.41) is 11.7. The molecule has 0 aliphatic heterocycles. The summed E-state index contributed by atoms with van der Waals surface area (Å²) >= 11 is 1.60. The van der Waals surface area contributed by atoms with Crippen LogP contribution >= 0.6 is 11.3 Å². The Kier molecular flexibility index (Phi) is 3.12. The van der Waals surface area contributed by atoms with Gasteiger partial charge in [0, 0.05) is 5.69 Å². The molecule has 0 aliphatic carbocycles. The molecule has 0 saturated heterocycles. The van der Waals surface area contributed by atoms with Crippen LogP contribution in [0.5, 0.6) is 0 Å². The molecule has 1 aromatic carbocycles. The zero-order valence-electron chi connectivity index (χ0n) is 9.96. The second-order valence-corrected chi connectivity index (χ2v) is 4.91. The Hall–Kier alpha value is -2.40. The molecule has 0 saturated carbocycles. The number of hydrogen-bond donors (Lipinski definition) is 2. The highest BCUT2D eigenvalue weighted by molar-refractivity contribution is 7.13. The van der Waals surface area contributed by atoms with Crippen molar-refractivity contribution in [2.24, 2.45) is 0 Å². The molecule has 94 valence electrons. The van der Waals surface area contributed by atoms with E-state index in [1.54, 1.807) is 17.4 Å². The number of nitrogens with zero attached hydrogens (tertiary/aromatic N) is 1. The first kappa shape index (κ1) is 11.7. The van der Waals surface area contributed by atoms with Gasteiger partial charge in [-0.3, -0.25) is 9.89 Å². The van der Waals surface area contributed by atoms with Gasteiger partial charge in [0.2, 0.25) is 0 Å². The SMILES string of the molecule is O=C(Nc1ccccc1)c1cc(-c2cccs2)[nH]n1. The smallest absolute Gasteiger partial charge is 0.276 e. The number of carbonyl (C=O) groups excluding carboxylic acids is 1. The summed E-state index contributed by atoms with van der Waals surface area (Å²) in [6.07, 6.45) is 0. The number of hydrogen-bond acceptors (Lipinski definition) is 3. The number of benzene rings is 1. The second kappa shape index (κ2) is 5.07. The highest BCUT2D eigenvalue weighted by Gasteiger charge is 2.11. The Bertz CT molecular complexity index is 674. The minimum absolute atomic E-state index is 0.217. The molecular weight excluding hydrogens is 258 g/mol. The van der Waals surface area contributed by atoms with Crippen LogP contribution in [0.25, 0.3) is 10.6 Å². The van der Waals surface area contributed by atoms with E-state index in [9.17, 15) is 4.79 Å². The van der Waals surface area contributed by atoms with E-state index in [2.05, 4.69) is 15.5 Å². The number of amides is 1. The monoisotopic (exact) mass is 269 g/mol. The molecule has 0 atom stereocenters. The summed E-state index contributed by atoms with van der Waals surface area (Å²) in [5.74, 6) is -0.217.